The van der Waals surface area contributed by atoms with E-state index in [-0.39, 0.29) is 5.41 Å². The van der Waals surface area contributed by atoms with Crippen LogP contribution in [-0.2, 0) is 11.8 Å². The van der Waals surface area contributed by atoms with E-state index in [9.17, 15) is 0 Å². The summed E-state index contributed by atoms with van der Waals surface area (Å²) in [4.78, 5) is 6.26. The second-order valence-corrected chi connectivity index (χ2v) is 7.99. The maximum Gasteiger partial charge on any atom is 0.0996 e. The zero-order valence-corrected chi connectivity index (χ0v) is 17.2. The zero-order chi connectivity index (χ0) is 20.6. The SMILES string of the molecule is CN(C)c1ccc(C2(c3ccccc3)C=Cc3c(-c4ccncc4)n[nH]c3C2)cc1. The van der Waals surface area contributed by atoms with Crippen LogP contribution in [0.25, 0.3) is 17.3 Å². The third-order valence-electron chi connectivity index (χ3n) is 6.01. The highest BCUT2D eigenvalue weighted by Gasteiger charge is 2.36. The van der Waals surface area contributed by atoms with E-state index in [0.717, 1.165) is 28.9 Å². The van der Waals surface area contributed by atoms with Crippen LogP contribution in [0.2, 0.25) is 0 Å². The number of nitrogens with one attached hydrogen (secondary N) is 1. The van der Waals surface area contributed by atoms with Crippen molar-refractivity contribution in [2.75, 3.05) is 19.0 Å². The number of hydrogen-bond donors (Lipinski definition) is 1. The van der Waals surface area contributed by atoms with E-state index in [0.29, 0.717) is 0 Å². The lowest BCUT2D eigenvalue weighted by molar-refractivity contribution is 0.620. The minimum absolute atomic E-state index is 0.235. The van der Waals surface area contributed by atoms with Gasteiger partial charge in [-0.25, -0.2) is 0 Å². The molecule has 1 N–H and O–H groups in total. The summed E-state index contributed by atoms with van der Waals surface area (Å²) in [7, 11) is 4.14. The Morgan fingerprint density at radius 2 is 1.57 bits per heavy atom. The molecule has 5 rings (SSSR count). The molecule has 0 amide bonds. The first kappa shape index (κ1) is 18.4. The molecule has 2 aromatic carbocycles. The number of pyridine rings is 1. The van der Waals surface area contributed by atoms with Crippen molar-refractivity contribution in [2.45, 2.75) is 11.8 Å². The minimum atomic E-state index is -0.235. The van der Waals surface area contributed by atoms with Crippen LogP contribution in [0.5, 0.6) is 0 Å². The third kappa shape index (κ3) is 3.01. The number of H-pyrrole nitrogens is 1. The van der Waals surface area contributed by atoms with Gasteiger partial charge in [-0.2, -0.15) is 5.10 Å². The topological polar surface area (TPSA) is 44.8 Å². The van der Waals surface area contributed by atoms with E-state index in [4.69, 9.17) is 0 Å². The maximum absolute atomic E-state index is 4.65. The first-order chi connectivity index (χ1) is 14.7. The molecule has 4 aromatic rings. The molecule has 0 spiro atoms. The number of anilines is 1. The molecule has 4 heteroatoms. The number of aromatic amines is 1. The van der Waals surface area contributed by atoms with E-state index >= 15 is 0 Å². The molecule has 30 heavy (non-hydrogen) atoms. The Kier molecular flexibility index (Phi) is 4.47. The molecule has 1 aliphatic rings. The summed E-state index contributed by atoms with van der Waals surface area (Å²) in [6.45, 7) is 0. The van der Waals surface area contributed by atoms with Gasteiger partial charge in [0.1, 0.15) is 0 Å². The Morgan fingerprint density at radius 1 is 0.867 bits per heavy atom. The van der Waals surface area contributed by atoms with Gasteiger partial charge in [0.25, 0.3) is 0 Å². The van der Waals surface area contributed by atoms with Crippen LogP contribution in [0.15, 0.2) is 85.2 Å². The second kappa shape index (κ2) is 7.30. The fourth-order valence-corrected chi connectivity index (χ4v) is 4.35. The first-order valence-corrected chi connectivity index (χ1v) is 10.2. The molecule has 1 unspecified atom stereocenters. The molecule has 0 bridgehead atoms. The van der Waals surface area contributed by atoms with Gasteiger partial charge in [0.15, 0.2) is 0 Å². The quantitative estimate of drug-likeness (QED) is 0.526. The van der Waals surface area contributed by atoms with E-state index in [1.165, 1.54) is 16.8 Å². The first-order valence-electron chi connectivity index (χ1n) is 10.2. The van der Waals surface area contributed by atoms with Crippen molar-refractivity contribution in [3.8, 4) is 11.3 Å². The van der Waals surface area contributed by atoms with Gasteiger partial charge < -0.3 is 4.90 Å². The summed E-state index contributed by atoms with van der Waals surface area (Å²) in [5.74, 6) is 0. The number of hydrogen-bond acceptors (Lipinski definition) is 3. The second-order valence-electron chi connectivity index (χ2n) is 7.99. The molecule has 0 fully saturated rings. The zero-order valence-electron chi connectivity index (χ0n) is 17.2. The molecule has 148 valence electrons. The molecular formula is C26H24N4. The number of aromatic nitrogens is 3. The largest absolute Gasteiger partial charge is 0.378 e. The van der Waals surface area contributed by atoms with Gasteiger partial charge in [0, 0.05) is 60.8 Å². The number of allylic oxidation sites excluding steroid dienone is 1. The Bertz CT molecular complexity index is 1170. The van der Waals surface area contributed by atoms with Gasteiger partial charge in [0.05, 0.1) is 5.69 Å². The van der Waals surface area contributed by atoms with E-state index < -0.39 is 0 Å². The molecule has 0 radical (unpaired) electrons. The molecule has 1 aliphatic carbocycles. The van der Waals surface area contributed by atoms with E-state index in [1.807, 2.05) is 24.5 Å². The molecule has 0 saturated carbocycles. The van der Waals surface area contributed by atoms with Crippen molar-refractivity contribution < 1.29 is 0 Å². The van der Waals surface area contributed by atoms with Gasteiger partial charge in [-0.3, -0.25) is 10.1 Å². The summed E-state index contributed by atoms with van der Waals surface area (Å²) in [6, 6.07) is 23.6. The third-order valence-corrected chi connectivity index (χ3v) is 6.01. The Hall–Kier alpha value is -3.66. The predicted octanol–water partition coefficient (Wildman–Crippen LogP) is 5.09. The van der Waals surface area contributed by atoms with Gasteiger partial charge in [-0.1, -0.05) is 54.6 Å². The fourth-order valence-electron chi connectivity index (χ4n) is 4.35. The number of fused-ring (bicyclic) bond motifs is 1. The summed E-state index contributed by atoms with van der Waals surface area (Å²) in [6.07, 6.45) is 9.02. The van der Waals surface area contributed by atoms with Crippen molar-refractivity contribution in [2.24, 2.45) is 0 Å². The Labute approximate surface area is 176 Å². The summed E-state index contributed by atoms with van der Waals surface area (Å²) in [5.41, 5.74) is 7.90. The van der Waals surface area contributed by atoms with Crippen molar-refractivity contribution in [1.29, 1.82) is 0 Å². The van der Waals surface area contributed by atoms with Gasteiger partial charge in [-0.15, -0.1) is 0 Å². The summed E-state index contributed by atoms with van der Waals surface area (Å²) in [5, 5.41) is 7.97. The lowest BCUT2D eigenvalue weighted by atomic mass is 9.68. The van der Waals surface area contributed by atoms with Crippen LogP contribution in [0.4, 0.5) is 5.69 Å². The van der Waals surface area contributed by atoms with Gasteiger partial charge in [0.2, 0.25) is 0 Å². The monoisotopic (exact) mass is 392 g/mol. The predicted molar refractivity (Wildman–Crippen MR) is 123 cm³/mol. The van der Waals surface area contributed by atoms with Crippen LogP contribution in [0, 0.1) is 0 Å². The molecule has 2 aromatic heterocycles. The summed E-state index contributed by atoms with van der Waals surface area (Å²) >= 11 is 0. The Morgan fingerprint density at radius 3 is 2.27 bits per heavy atom. The average molecular weight is 393 g/mol. The van der Waals surface area contributed by atoms with Crippen LogP contribution >= 0.6 is 0 Å². The molecular weight excluding hydrogens is 368 g/mol. The van der Waals surface area contributed by atoms with Gasteiger partial charge >= 0.3 is 0 Å². The lowest BCUT2D eigenvalue weighted by Crippen LogP contribution is -2.30. The van der Waals surface area contributed by atoms with Crippen molar-refractivity contribution >= 4 is 11.8 Å². The lowest BCUT2D eigenvalue weighted by Gasteiger charge is -2.34. The van der Waals surface area contributed by atoms with E-state index in [1.54, 1.807) is 0 Å². The standard InChI is InChI=1S/C26H24N4/c1-30(2)22-10-8-21(9-11-22)26(20-6-4-3-5-7-20)15-12-23-24(18-26)28-29-25(23)19-13-16-27-17-14-19/h3-17H,18H2,1-2H3,(H,28,29). The highest BCUT2D eigenvalue weighted by Crippen LogP contribution is 2.43. The highest BCUT2D eigenvalue weighted by molar-refractivity contribution is 5.76. The van der Waals surface area contributed by atoms with Gasteiger partial charge in [-0.05, 0) is 35.4 Å². The van der Waals surface area contributed by atoms with E-state index in [2.05, 4.69) is 101 Å². The minimum Gasteiger partial charge on any atom is -0.378 e. The Balaban J connectivity index is 1.63. The van der Waals surface area contributed by atoms with Crippen LogP contribution in [0.1, 0.15) is 22.4 Å². The number of benzene rings is 2. The fraction of sp³-hybridized carbons (Fsp3) is 0.154. The average Bonchev–Trinajstić information content (AvgIpc) is 3.23. The van der Waals surface area contributed by atoms with Crippen LogP contribution < -0.4 is 4.90 Å². The normalized spacial score (nSPS) is 17.5. The molecule has 0 aliphatic heterocycles. The number of nitrogens with zero attached hydrogens (tertiary/aromatic N) is 3. The maximum atomic E-state index is 4.65. The molecule has 1 atom stereocenters. The van der Waals surface area contributed by atoms with Crippen LogP contribution in [0.3, 0.4) is 0 Å². The smallest absolute Gasteiger partial charge is 0.0996 e. The summed E-state index contributed by atoms with van der Waals surface area (Å²) < 4.78 is 0. The van der Waals surface area contributed by atoms with Crippen molar-refractivity contribution in [3.05, 3.63) is 108 Å². The number of rotatable bonds is 4. The van der Waals surface area contributed by atoms with Crippen LogP contribution in [-0.4, -0.2) is 29.3 Å². The van der Waals surface area contributed by atoms with Crippen molar-refractivity contribution in [1.82, 2.24) is 15.2 Å². The molecule has 4 nitrogen and oxygen atoms in total. The molecule has 2 heterocycles. The highest BCUT2D eigenvalue weighted by atomic mass is 15.1. The molecule has 0 saturated heterocycles. The van der Waals surface area contributed by atoms with Crippen molar-refractivity contribution in [3.63, 3.8) is 0 Å².